The predicted octanol–water partition coefficient (Wildman–Crippen LogP) is 4.24. The number of carbonyl (C=O) groups is 3. The van der Waals surface area contributed by atoms with E-state index in [1.165, 1.54) is 12.8 Å². The molecule has 8 nitrogen and oxygen atoms in total. The van der Waals surface area contributed by atoms with Crippen molar-refractivity contribution in [2.45, 2.75) is 89.1 Å². The number of nitrogens with one attached hydrogen (secondary N) is 2. The summed E-state index contributed by atoms with van der Waals surface area (Å²) in [5, 5.41) is 6.81. The van der Waals surface area contributed by atoms with Gasteiger partial charge in [-0.3, -0.25) is 19.3 Å². The number of hydrogen-bond acceptors (Lipinski definition) is 5. The Bertz CT molecular complexity index is 1220. The molecule has 1 aliphatic carbocycles. The molecule has 1 aromatic rings. The molecule has 3 amide bonds. The molecular formula is C32H43ClN4O4. The number of likely N-dealkylation sites (tertiary alicyclic amines) is 2. The minimum Gasteiger partial charge on any atom is -0.359 e. The monoisotopic (exact) mass is 582 g/mol. The quantitative estimate of drug-likeness (QED) is 0.469. The molecule has 0 unspecified atom stereocenters. The second-order valence-electron chi connectivity index (χ2n) is 13.0. The molecule has 9 atom stereocenters. The van der Waals surface area contributed by atoms with Gasteiger partial charge in [0.25, 0.3) is 0 Å². The molecule has 6 rings (SSSR count). The lowest BCUT2D eigenvalue weighted by Crippen LogP contribution is -2.58. The number of amides is 3. The summed E-state index contributed by atoms with van der Waals surface area (Å²) in [5.41, 5.74) is -0.585. The lowest BCUT2D eigenvalue weighted by atomic mass is 9.73. The highest BCUT2D eigenvalue weighted by molar-refractivity contribution is 6.30. The van der Waals surface area contributed by atoms with Crippen LogP contribution in [-0.2, 0) is 19.1 Å². The molecule has 2 N–H and O–H groups in total. The molecule has 1 aromatic carbocycles. The first kappa shape index (κ1) is 28.7. The van der Waals surface area contributed by atoms with E-state index >= 15 is 0 Å². The van der Waals surface area contributed by atoms with Crippen LogP contribution in [0, 0.1) is 23.7 Å². The Morgan fingerprint density at radius 3 is 2.68 bits per heavy atom. The SMILES string of the molecule is C[C@H]1[C@H](C)CCC[C@@H]1NC(=O)[C@@H]1N(CCN2CCCC[C@@H]2C)C(=O)[C@@H]2[C@@H](C(=O)Nc3cccc(Cl)c3)[C@@H]3C=C[C@]21O3. The molecular weight excluding hydrogens is 540 g/mol. The Morgan fingerprint density at radius 1 is 1.07 bits per heavy atom. The normalized spacial score (nSPS) is 38.2. The van der Waals surface area contributed by atoms with Crippen molar-refractivity contribution < 1.29 is 19.1 Å². The molecule has 2 bridgehead atoms. The summed E-state index contributed by atoms with van der Waals surface area (Å²) in [6, 6.07) is 6.67. The van der Waals surface area contributed by atoms with Crippen LogP contribution in [0.3, 0.4) is 0 Å². The summed E-state index contributed by atoms with van der Waals surface area (Å²) < 4.78 is 6.53. The van der Waals surface area contributed by atoms with E-state index in [9.17, 15) is 14.4 Å². The van der Waals surface area contributed by atoms with Crippen LogP contribution in [-0.4, -0.2) is 77.0 Å². The van der Waals surface area contributed by atoms with Gasteiger partial charge in [-0.15, -0.1) is 0 Å². The number of benzene rings is 1. The highest BCUT2D eigenvalue weighted by Crippen LogP contribution is 2.55. The number of nitrogens with zero attached hydrogens (tertiary/aromatic N) is 2. The predicted molar refractivity (Wildman–Crippen MR) is 158 cm³/mol. The highest BCUT2D eigenvalue weighted by Gasteiger charge is 2.72. The van der Waals surface area contributed by atoms with Crippen molar-refractivity contribution in [3.05, 3.63) is 41.4 Å². The molecule has 222 valence electrons. The zero-order valence-electron chi connectivity index (χ0n) is 24.4. The number of hydrogen-bond donors (Lipinski definition) is 2. The standard InChI is InChI=1S/C32H43ClN4O4/c1-19-8-6-12-24(21(19)3)35-30(39)28-32-14-13-25(41-32)26(29(38)34-23-11-7-10-22(33)18-23)27(32)31(40)37(28)17-16-36-15-5-4-9-20(36)2/h7,10-11,13-14,18-21,24-28H,4-6,8-9,12,15-17H2,1-3H3,(H,34,38)(H,35,39)/t19-,20+,21+,24+,25+,26+,27+,28+,32+/m1/s1. The fourth-order valence-corrected chi connectivity index (χ4v) is 8.26. The van der Waals surface area contributed by atoms with Gasteiger partial charge in [0, 0.05) is 35.9 Å². The smallest absolute Gasteiger partial charge is 0.246 e. The first-order chi connectivity index (χ1) is 19.7. The molecule has 4 aliphatic heterocycles. The first-order valence-electron chi connectivity index (χ1n) is 15.5. The summed E-state index contributed by atoms with van der Waals surface area (Å²) in [4.78, 5) is 46.3. The van der Waals surface area contributed by atoms with E-state index in [-0.39, 0.29) is 23.8 Å². The highest BCUT2D eigenvalue weighted by atomic mass is 35.5. The summed E-state index contributed by atoms with van der Waals surface area (Å²) in [6.45, 7) is 8.81. The van der Waals surface area contributed by atoms with E-state index in [1.54, 1.807) is 29.2 Å². The van der Waals surface area contributed by atoms with Crippen molar-refractivity contribution in [2.75, 3.05) is 25.0 Å². The average Bonchev–Trinajstić information content (AvgIpc) is 3.58. The van der Waals surface area contributed by atoms with Gasteiger partial charge in [0.15, 0.2) is 0 Å². The average molecular weight is 583 g/mol. The van der Waals surface area contributed by atoms with Crippen molar-refractivity contribution in [2.24, 2.45) is 23.7 Å². The molecule has 9 heteroatoms. The third-order valence-electron chi connectivity index (χ3n) is 10.6. The number of anilines is 1. The largest absolute Gasteiger partial charge is 0.359 e. The summed E-state index contributed by atoms with van der Waals surface area (Å²) in [5.74, 6) is -1.23. The van der Waals surface area contributed by atoms with Crippen LogP contribution in [0.1, 0.15) is 59.3 Å². The summed E-state index contributed by atoms with van der Waals surface area (Å²) in [6.07, 6.45) is 9.89. The molecule has 0 radical (unpaired) electrons. The maximum Gasteiger partial charge on any atom is 0.246 e. The molecule has 1 spiro atoms. The van der Waals surface area contributed by atoms with Crippen LogP contribution in [0.2, 0.25) is 5.02 Å². The Hall–Kier alpha value is -2.42. The van der Waals surface area contributed by atoms with E-state index < -0.39 is 29.6 Å². The Morgan fingerprint density at radius 2 is 1.90 bits per heavy atom. The number of rotatable bonds is 7. The van der Waals surface area contributed by atoms with E-state index in [4.69, 9.17) is 16.3 Å². The number of fused-ring (bicyclic) bond motifs is 1. The number of carbonyl (C=O) groups excluding carboxylic acids is 3. The summed E-state index contributed by atoms with van der Waals surface area (Å²) in [7, 11) is 0. The molecule has 3 saturated heterocycles. The fourth-order valence-electron chi connectivity index (χ4n) is 8.07. The first-order valence-corrected chi connectivity index (χ1v) is 15.9. The summed E-state index contributed by atoms with van der Waals surface area (Å²) >= 11 is 6.15. The van der Waals surface area contributed by atoms with Crippen molar-refractivity contribution in [1.82, 2.24) is 15.1 Å². The molecule has 4 fully saturated rings. The van der Waals surface area contributed by atoms with E-state index in [2.05, 4.69) is 36.3 Å². The molecule has 5 aliphatic rings. The van der Waals surface area contributed by atoms with Gasteiger partial charge in [-0.25, -0.2) is 0 Å². The van der Waals surface area contributed by atoms with Gasteiger partial charge >= 0.3 is 0 Å². The fraction of sp³-hybridized carbons (Fsp3) is 0.656. The van der Waals surface area contributed by atoms with Crippen molar-refractivity contribution in [3.8, 4) is 0 Å². The Kier molecular flexibility index (Phi) is 7.94. The topological polar surface area (TPSA) is 91.0 Å². The minimum atomic E-state index is -1.15. The van der Waals surface area contributed by atoms with Crippen LogP contribution in [0.4, 0.5) is 5.69 Å². The van der Waals surface area contributed by atoms with Crippen molar-refractivity contribution in [1.29, 1.82) is 0 Å². The van der Waals surface area contributed by atoms with E-state index in [0.29, 0.717) is 41.7 Å². The van der Waals surface area contributed by atoms with Gasteiger partial charge in [-0.05, 0) is 62.8 Å². The van der Waals surface area contributed by atoms with Crippen LogP contribution < -0.4 is 10.6 Å². The zero-order valence-corrected chi connectivity index (χ0v) is 25.1. The lowest BCUT2D eigenvalue weighted by molar-refractivity contribution is -0.142. The molecule has 0 aromatic heterocycles. The van der Waals surface area contributed by atoms with Crippen molar-refractivity contribution >= 4 is 35.0 Å². The van der Waals surface area contributed by atoms with Crippen molar-refractivity contribution in [3.63, 3.8) is 0 Å². The Labute approximate surface area is 248 Å². The van der Waals surface area contributed by atoms with Gasteiger partial charge < -0.3 is 20.3 Å². The second kappa shape index (κ2) is 11.3. The van der Waals surface area contributed by atoms with Crippen LogP contribution in [0.15, 0.2) is 36.4 Å². The van der Waals surface area contributed by atoms with Gasteiger partial charge in [0.1, 0.15) is 11.6 Å². The number of piperidine rings is 1. The van der Waals surface area contributed by atoms with Crippen LogP contribution >= 0.6 is 11.6 Å². The van der Waals surface area contributed by atoms with Crippen LogP contribution in [0.5, 0.6) is 0 Å². The number of halogens is 1. The Balaban J connectivity index is 1.28. The van der Waals surface area contributed by atoms with Gasteiger partial charge in [0.2, 0.25) is 17.7 Å². The lowest BCUT2D eigenvalue weighted by Gasteiger charge is -2.39. The molecule has 41 heavy (non-hydrogen) atoms. The third-order valence-corrected chi connectivity index (χ3v) is 10.9. The minimum absolute atomic E-state index is 0.0604. The maximum absolute atomic E-state index is 14.3. The third kappa shape index (κ3) is 5.10. The molecule has 1 saturated carbocycles. The number of ether oxygens (including phenoxy) is 1. The maximum atomic E-state index is 14.3. The van der Waals surface area contributed by atoms with E-state index in [1.807, 2.05) is 12.2 Å². The molecule has 4 heterocycles. The van der Waals surface area contributed by atoms with E-state index in [0.717, 1.165) is 32.2 Å². The van der Waals surface area contributed by atoms with Crippen LogP contribution in [0.25, 0.3) is 0 Å². The van der Waals surface area contributed by atoms with Gasteiger partial charge in [0.05, 0.1) is 17.9 Å². The second-order valence-corrected chi connectivity index (χ2v) is 13.4. The van der Waals surface area contributed by atoms with Gasteiger partial charge in [-0.2, -0.15) is 0 Å². The van der Waals surface area contributed by atoms with Gasteiger partial charge in [-0.1, -0.05) is 62.9 Å². The zero-order chi connectivity index (χ0) is 28.9.